The summed E-state index contributed by atoms with van der Waals surface area (Å²) in [4.78, 5) is 0. The second-order valence-corrected chi connectivity index (χ2v) is 5.18. The van der Waals surface area contributed by atoms with Crippen molar-refractivity contribution in [3.8, 4) is 5.69 Å². The molecule has 102 valence electrons. The number of halogens is 2. The predicted molar refractivity (Wildman–Crippen MR) is 77.7 cm³/mol. The smallest absolute Gasteiger partial charge is 0.0969 e. The molecule has 2 aromatic rings. The Morgan fingerprint density at radius 1 is 1.47 bits per heavy atom. The average Bonchev–Trinajstić information content (AvgIpc) is 2.87. The maximum atomic E-state index is 6.05. The zero-order valence-electron chi connectivity index (χ0n) is 10.4. The summed E-state index contributed by atoms with van der Waals surface area (Å²) in [5.41, 5.74) is 1.75. The maximum absolute atomic E-state index is 6.05. The van der Waals surface area contributed by atoms with Gasteiger partial charge in [-0.3, -0.25) is 0 Å². The van der Waals surface area contributed by atoms with E-state index in [9.17, 15) is 0 Å². The first kappa shape index (κ1) is 14.5. The van der Waals surface area contributed by atoms with Crippen LogP contribution in [0.3, 0.4) is 0 Å². The molecule has 2 rings (SSSR count). The van der Waals surface area contributed by atoms with E-state index < -0.39 is 0 Å². The third kappa shape index (κ3) is 4.01. The van der Waals surface area contributed by atoms with Gasteiger partial charge in [-0.2, -0.15) is 0 Å². The van der Waals surface area contributed by atoms with Crippen LogP contribution in [0.2, 0.25) is 5.02 Å². The first-order valence-corrected chi connectivity index (χ1v) is 6.94. The summed E-state index contributed by atoms with van der Waals surface area (Å²) in [5, 5.41) is 12.0. The average molecular weight is 346 g/mol. The molecular formula is C12H14BrClN4O. The topological polar surface area (TPSA) is 52.0 Å². The molecule has 0 aliphatic heterocycles. The molecule has 0 unspecified atom stereocenters. The van der Waals surface area contributed by atoms with Gasteiger partial charge in [0.2, 0.25) is 0 Å². The molecule has 5 nitrogen and oxygen atoms in total. The third-order valence-corrected chi connectivity index (χ3v) is 3.73. The first-order chi connectivity index (χ1) is 9.20. The van der Waals surface area contributed by atoms with Gasteiger partial charge in [-0.1, -0.05) is 16.8 Å². The Balaban J connectivity index is 2.01. The summed E-state index contributed by atoms with van der Waals surface area (Å²) < 4.78 is 7.52. The van der Waals surface area contributed by atoms with E-state index in [4.69, 9.17) is 16.3 Å². The van der Waals surface area contributed by atoms with Crippen molar-refractivity contribution in [1.29, 1.82) is 0 Å². The lowest BCUT2D eigenvalue weighted by Crippen LogP contribution is -2.18. The lowest BCUT2D eigenvalue weighted by molar-refractivity contribution is 0.199. The Morgan fingerprint density at radius 3 is 3.05 bits per heavy atom. The fourth-order valence-corrected chi connectivity index (χ4v) is 1.95. The van der Waals surface area contributed by atoms with Crippen molar-refractivity contribution in [2.45, 2.75) is 6.54 Å². The van der Waals surface area contributed by atoms with E-state index >= 15 is 0 Å². The van der Waals surface area contributed by atoms with Crippen LogP contribution in [0.15, 0.2) is 28.9 Å². The van der Waals surface area contributed by atoms with Crippen molar-refractivity contribution in [1.82, 2.24) is 20.3 Å². The SMILES string of the molecule is COCCNCc1cn(-c2ccc(Br)c(Cl)c2)nn1. The molecule has 1 aromatic carbocycles. The highest BCUT2D eigenvalue weighted by molar-refractivity contribution is 9.10. The van der Waals surface area contributed by atoms with Crippen LogP contribution in [0.4, 0.5) is 0 Å². The second kappa shape index (κ2) is 7.00. The van der Waals surface area contributed by atoms with Gasteiger partial charge >= 0.3 is 0 Å². The van der Waals surface area contributed by atoms with E-state index in [1.54, 1.807) is 11.8 Å². The van der Waals surface area contributed by atoms with Crippen LogP contribution in [-0.4, -0.2) is 35.3 Å². The highest BCUT2D eigenvalue weighted by Crippen LogP contribution is 2.24. The maximum Gasteiger partial charge on any atom is 0.0969 e. The number of ether oxygens (including phenoxy) is 1. The predicted octanol–water partition coefficient (Wildman–Crippen LogP) is 2.42. The van der Waals surface area contributed by atoms with Crippen LogP contribution in [0.25, 0.3) is 5.69 Å². The van der Waals surface area contributed by atoms with Gasteiger partial charge < -0.3 is 10.1 Å². The molecule has 0 spiro atoms. The van der Waals surface area contributed by atoms with Crippen LogP contribution in [0.1, 0.15) is 5.69 Å². The Bertz CT molecular complexity index is 546. The van der Waals surface area contributed by atoms with Crippen LogP contribution in [-0.2, 0) is 11.3 Å². The lowest BCUT2D eigenvalue weighted by atomic mass is 10.3. The monoisotopic (exact) mass is 344 g/mol. The van der Waals surface area contributed by atoms with Gasteiger partial charge in [-0.25, -0.2) is 4.68 Å². The first-order valence-electron chi connectivity index (χ1n) is 5.77. The van der Waals surface area contributed by atoms with E-state index in [0.717, 1.165) is 22.4 Å². The molecule has 0 saturated heterocycles. The van der Waals surface area contributed by atoms with Gasteiger partial charge in [0, 0.05) is 24.7 Å². The van der Waals surface area contributed by atoms with Crippen molar-refractivity contribution in [2.75, 3.05) is 20.3 Å². The molecule has 0 radical (unpaired) electrons. The van der Waals surface area contributed by atoms with Gasteiger partial charge in [-0.05, 0) is 34.1 Å². The van der Waals surface area contributed by atoms with E-state index in [2.05, 4.69) is 31.6 Å². The van der Waals surface area contributed by atoms with Gasteiger partial charge in [0.15, 0.2) is 0 Å². The van der Waals surface area contributed by atoms with Crippen molar-refractivity contribution in [2.24, 2.45) is 0 Å². The van der Waals surface area contributed by atoms with E-state index in [0.29, 0.717) is 18.2 Å². The number of nitrogens with one attached hydrogen (secondary N) is 1. The highest BCUT2D eigenvalue weighted by atomic mass is 79.9. The summed E-state index contributed by atoms with van der Waals surface area (Å²) in [6.07, 6.45) is 1.87. The minimum atomic E-state index is 0.646. The molecule has 1 heterocycles. The molecule has 0 atom stereocenters. The number of nitrogens with zero attached hydrogens (tertiary/aromatic N) is 3. The second-order valence-electron chi connectivity index (χ2n) is 3.92. The third-order valence-electron chi connectivity index (χ3n) is 2.50. The van der Waals surface area contributed by atoms with Gasteiger partial charge in [0.1, 0.15) is 0 Å². The largest absolute Gasteiger partial charge is 0.383 e. The van der Waals surface area contributed by atoms with Crippen LogP contribution < -0.4 is 5.32 Å². The normalized spacial score (nSPS) is 10.9. The number of benzene rings is 1. The Labute approximate surface area is 125 Å². The van der Waals surface area contributed by atoms with Gasteiger partial charge in [-0.15, -0.1) is 5.10 Å². The molecular weight excluding hydrogens is 332 g/mol. The molecule has 7 heteroatoms. The molecule has 0 fully saturated rings. The van der Waals surface area contributed by atoms with Crippen molar-refractivity contribution in [3.63, 3.8) is 0 Å². The summed E-state index contributed by atoms with van der Waals surface area (Å²) >= 11 is 9.41. The zero-order chi connectivity index (χ0) is 13.7. The fraction of sp³-hybridized carbons (Fsp3) is 0.333. The molecule has 1 N–H and O–H groups in total. The van der Waals surface area contributed by atoms with Crippen molar-refractivity contribution < 1.29 is 4.74 Å². The lowest BCUT2D eigenvalue weighted by Gasteiger charge is -2.02. The quantitative estimate of drug-likeness (QED) is 0.817. The molecule has 0 saturated carbocycles. The molecule has 0 aliphatic rings. The minimum absolute atomic E-state index is 0.646. The Hall–Kier alpha value is -0.950. The number of rotatable bonds is 6. The van der Waals surface area contributed by atoms with E-state index in [1.165, 1.54) is 0 Å². The number of hydrogen-bond donors (Lipinski definition) is 1. The standard InChI is InChI=1S/C12H14BrClN4O/c1-19-5-4-15-7-9-8-18(17-16-9)10-2-3-11(13)12(14)6-10/h2-3,6,8,15H,4-5,7H2,1H3. The summed E-state index contributed by atoms with van der Waals surface area (Å²) in [6.45, 7) is 2.12. The van der Waals surface area contributed by atoms with Crippen molar-refractivity contribution >= 4 is 27.5 Å². The molecule has 0 aliphatic carbocycles. The van der Waals surface area contributed by atoms with Gasteiger partial charge in [0.25, 0.3) is 0 Å². The summed E-state index contributed by atoms with van der Waals surface area (Å²) in [6, 6.07) is 5.64. The summed E-state index contributed by atoms with van der Waals surface area (Å²) in [7, 11) is 1.68. The minimum Gasteiger partial charge on any atom is -0.383 e. The van der Waals surface area contributed by atoms with Crippen LogP contribution >= 0.6 is 27.5 Å². The zero-order valence-corrected chi connectivity index (χ0v) is 12.8. The molecule has 1 aromatic heterocycles. The Kier molecular flexibility index (Phi) is 5.33. The number of aromatic nitrogens is 3. The summed E-state index contributed by atoms with van der Waals surface area (Å²) in [5.74, 6) is 0. The van der Waals surface area contributed by atoms with Gasteiger partial charge in [0.05, 0.1) is 29.2 Å². The van der Waals surface area contributed by atoms with E-state index in [-0.39, 0.29) is 0 Å². The molecule has 0 amide bonds. The molecule has 0 bridgehead atoms. The Morgan fingerprint density at radius 2 is 2.32 bits per heavy atom. The highest BCUT2D eigenvalue weighted by Gasteiger charge is 2.04. The van der Waals surface area contributed by atoms with Crippen molar-refractivity contribution in [3.05, 3.63) is 39.6 Å². The number of hydrogen-bond acceptors (Lipinski definition) is 4. The van der Waals surface area contributed by atoms with Crippen LogP contribution in [0.5, 0.6) is 0 Å². The van der Waals surface area contributed by atoms with Crippen LogP contribution in [0, 0.1) is 0 Å². The number of methoxy groups -OCH3 is 1. The molecule has 19 heavy (non-hydrogen) atoms. The van der Waals surface area contributed by atoms with E-state index in [1.807, 2.05) is 24.4 Å². The fourth-order valence-electron chi connectivity index (χ4n) is 1.52.